The van der Waals surface area contributed by atoms with E-state index in [0.717, 1.165) is 17.5 Å². The third-order valence-corrected chi connectivity index (χ3v) is 6.46. The second-order valence-electron chi connectivity index (χ2n) is 7.02. The summed E-state index contributed by atoms with van der Waals surface area (Å²) in [5, 5.41) is 0. The highest BCUT2D eigenvalue weighted by atomic mass is 32.2. The standard InChI is InChI=1S/C22H21N3O4S/c1-15-13-19(5-6-21(15)29-2)30(27,28)24-18-4-3-16-9-12-25(20(16)14-18)22(26)17-7-10-23-11-8-17/h3-8,10-11,13-14,24H,9,12H2,1-2H3. The molecule has 0 bridgehead atoms. The molecule has 0 saturated carbocycles. The quantitative estimate of drug-likeness (QED) is 0.679. The lowest BCUT2D eigenvalue weighted by molar-refractivity contribution is 0.0989. The number of benzene rings is 2. The number of fused-ring (bicyclic) bond motifs is 1. The summed E-state index contributed by atoms with van der Waals surface area (Å²) in [5.41, 5.74) is 3.38. The Morgan fingerprint density at radius 3 is 2.57 bits per heavy atom. The molecule has 0 radical (unpaired) electrons. The fraction of sp³-hybridized carbons (Fsp3) is 0.182. The zero-order valence-electron chi connectivity index (χ0n) is 16.6. The molecular formula is C22H21N3O4S. The SMILES string of the molecule is COc1ccc(S(=O)(=O)Nc2ccc3c(c2)N(C(=O)c2ccncc2)CC3)cc1C. The number of hydrogen-bond donors (Lipinski definition) is 1. The van der Waals surface area contributed by atoms with E-state index in [1.54, 1.807) is 60.6 Å². The van der Waals surface area contributed by atoms with Gasteiger partial charge in [-0.1, -0.05) is 6.07 Å². The molecule has 0 spiro atoms. The number of pyridine rings is 1. The van der Waals surface area contributed by atoms with Crippen molar-refractivity contribution in [2.45, 2.75) is 18.2 Å². The van der Waals surface area contributed by atoms with Gasteiger partial charge in [0.1, 0.15) is 5.75 Å². The first-order chi connectivity index (χ1) is 14.4. The van der Waals surface area contributed by atoms with Crippen LogP contribution in [0, 0.1) is 6.92 Å². The maximum absolute atomic E-state index is 12.9. The summed E-state index contributed by atoms with van der Waals surface area (Å²) in [6.07, 6.45) is 3.87. The van der Waals surface area contributed by atoms with Crippen LogP contribution in [0.4, 0.5) is 11.4 Å². The van der Waals surface area contributed by atoms with Gasteiger partial charge in [-0.25, -0.2) is 8.42 Å². The average molecular weight is 423 g/mol. The fourth-order valence-electron chi connectivity index (χ4n) is 3.54. The highest BCUT2D eigenvalue weighted by molar-refractivity contribution is 7.92. The number of anilines is 2. The lowest BCUT2D eigenvalue weighted by atomic mass is 10.1. The summed E-state index contributed by atoms with van der Waals surface area (Å²) in [4.78, 5) is 18.6. The summed E-state index contributed by atoms with van der Waals surface area (Å²) in [6.45, 7) is 2.33. The van der Waals surface area contributed by atoms with Crippen LogP contribution in [0.2, 0.25) is 0 Å². The third-order valence-electron chi connectivity index (χ3n) is 5.08. The Bertz CT molecular complexity index is 1210. The number of nitrogens with one attached hydrogen (secondary N) is 1. The molecule has 8 heteroatoms. The lowest BCUT2D eigenvalue weighted by Crippen LogP contribution is -2.28. The Kier molecular flexibility index (Phi) is 5.17. The lowest BCUT2D eigenvalue weighted by Gasteiger charge is -2.18. The monoisotopic (exact) mass is 423 g/mol. The summed E-state index contributed by atoms with van der Waals surface area (Å²) < 4.78 is 33.5. The van der Waals surface area contributed by atoms with Crippen molar-refractivity contribution in [3.05, 3.63) is 77.6 Å². The van der Waals surface area contributed by atoms with Crippen LogP contribution in [0.25, 0.3) is 0 Å². The molecular weight excluding hydrogens is 402 g/mol. The largest absolute Gasteiger partial charge is 0.496 e. The second-order valence-corrected chi connectivity index (χ2v) is 8.71. The molecule has 2 aromatic carbocycles. The van der Waals surface area contributed by atoms with Crippen molar-refractivity contribution in [2.24, 2.45) is 0 Å². The maximum atomic E-state index is 12.9. The van der Waals surface area contributed by atoms with Gasteiger partial charge in [0.25, 0.3) is 15.9 Å². The predicted octanol–water partition coefficient (Wildman–Crippen LogP) is 3.40. The Morgan fingerprint density at radius 1 is 1.10 bits per heavy atom. The number of hydrogen-bond acceptors (Lipinski definition) is 5. The van der Waals surface area contributed by atoms with Gasteiger partial charge in [-0.05, 0) is 66.9 Å². The molecule has 1 amide bonds. The Morgan fingerprint density at radius 2 is 1.87 bits per heavy atom. The number of carbonyl (C=O) groups is 1. The summed E-state index contributed by atoms with van der Waals surface area (Å²) in [7, 11) is -2.25. The minimum Gasteiger partial charge on any atom is -0.496 e. The Balaban J connectivity index is 1.61. The normalized spacial score (nSPS) is 13.1. The molecule has 30 heavy (non-hydrogen) atoms. The molecule has 4 rings (SSSR count). The van der Waals surface area contributed by atoms with Crippen LogP contribution in [0.5, 0.6) is 5.75 Å². The highest BCUT2D eigenvalue weighted by Gasteiger charge is 2.26. The van der Waals surface area contributed by atoms with Crippen molar-refractivity contribution in [1.29, 1.82) is 0 Å². The first-order valence-electron chi connectivity index (χ1n) is 9.41. The van der Waals surface area contributed by atoms with Gasteiger partial charge in [-0.15, -0.1) is 0 Å². The van der Waals surface area contributed by atoms with E-state index in [1.807, 2.05) is 6.07 Å². The van der Waals surface area contributed by atoms with Gasteiger partial charge in [-0.2, -0.15) is 0 Å². The second kappa shape index (κ2) is 7.79. The summed E-state index contributed by atoms with van der Waals surface area (Å²) in [5.74, 6) is 0.485. The molecule has 0 aliphatic carbocycles. The van der Waals surface area contributed by atoms with Gasteiger partial charge in [0.2, 0.25) is 0 Å². The number of carbonyl (C=O) groups excluding carboxylic acids is 1. The van der Waals surface area contributed by atoms with Crippen LogP contribution < -0.4 is 14.4 Å². The number of sulfonamides is 1. The van der Waals surface area contributed by atoms with Crippen molar-refractivity contribution in [3.63, 3.8) is 0 Å². The van der Waals surface area contributed by atoms with Crippen molar-refractivity contribution in [1.82, 2.24) is 4.98 Å². The van der Waals surface area contributed by atoms with Crippen LogP contribution in [0.1, 0.15) is 21.5 Å². The van der Waals surface area contributed by atoms with Crippen LogP contribution in [-0.4, -0.2) is 33.0 Å². The molecule has 2 heterocycles. The van der Waals surface area contributed by atoms with E-state index in [9.17, 15) is 13.2 Å². The molecule has 3 aromatic rings. The van der Waals surface area contributed by atoms with Crippen molar-refractivity contribution >= 4 is 27.3 Å². The number of amides is 1. The smallest absolute Gasteiger partial charge is 0.261 e. The van der Waals surface area contributed by atoms with E-state index >= 15 is 0 Å². The van der Waals surface area contributed by atoms with Gasteiger partial charge >= 0.3 is 0 Å². The van der Waals surface area contributed by atoms with E-state index in [0.29, 0.717) is 29.2 Å². The molecule has 1 aliphatic rings. The maximum Gasteiger partial charge on any atom is 0.261 e. The molecule has 7 nitrogen and oxygen atoms in total. The first-order valence-corrected chi connectivity index (χ1v) is 10.9. The number of ether oxygens (including phenoxy) is 1. The van der Waals surface area contributed by atoms with Crippen molar-refractivity contribution in [3.8, 4) is 5.75 Å². The summed E-state index contributed by atoms with van der Waals surface area (Å²) >= 11 is 0. The highest BCUT2D eigenvalue weighted by Crippen LogP contribution is 2.33. The van der Waals surface area contributed by atoms with Crippen LogP contribution in [0.15, 0.2) is 65.8 Å². The zero-order valence-corrected chi connectivity index (χ0v) is 17.4. The minimum absolute atomic E-state index is 0.137. The van der Waals surface area contributed by atoms with E-state index in [-0.39, 0.29) is 10.8 Å². The Hall–Kier alpha value is -3.39. The van der Waals surface area contributed by atoms with E-state index in [4.69, 9.17) is 4.74 Å². The van der Waals surface area contributed by atoms with Gasteiger partial charge in [0.05, 0.1) is 17.7 Å². The van der Waals surface area contributed by atoms with Crippen molar-refractivity contribution in [2.75, 3.05) is 23.3 Å². The minimum atomic E-state index is -3.79. The number of aromatic nitrogens is 1. The molecule has 154 valence electrons. The third kappa shape index (κ3) is 3.73. The molecule has 0 fully saturated rings. The van der Waals surface area contributed by atoms with Gasteiger partial charge < -0.3 is 9.64 Å². The predicted molar refractivity (Wildman–Crippen MR) is 115 cm³/mol. The average Bonchev–Trinajstić information content (AvgIpc) is 3.16. The Labute approximate surface area is 175 Å². The summed E-state index contributed by atoms with van der Waals surface area (Å²) in [6, 6.07) is 13.3. The molecule has 0 saturated heterocycles. The van der Waals surface area contributed by atoms with Crippen molar-refractivity contribution < 1.29 is 17.9 Å². The molecule has 1 N–H and O–H groups in total. The first kappa shape index (κ1) is 19.9. The van der Waals surface area contributed by atoms with Gasteiger partial charge in [-0.3, -0.25) is 14.5 Å². The fourth-order valence-corrected chi connectivity index (χ4v) is 4.67. The number of methoxy groups -OCH3 is 1. The van der Waals surface area contributed by atoms with Gasteiger partial charge in [0.15, 0.2) is 0 Å². The number of aryl methyl sites for hydroxylation is 1. The topological polar surface area (TPSA) is 88.6 Å². The number of nitrogens with zero attached hydrogens (tertiary/aromatic N) is 2. The van der Waals surface area contributed by atoms with E-state index < -0.39 is 10.0 Å². The zero-order chi connectivity index (χ0) is 21.3. The van der Waals surface area contributed by atoms with E-state index in [2.05, 4.69) is 9.71 Å². The number of rotatable bonds is 5. The van der Waals surface area contributed by atoms with E-state index in [1.165, 1.54) is 13.2 Å². The van der Waals surface area contributed by atoms with Crippen LogP contribution in [-0.2, 0) is 16.4 Å². The van der Waals surface area contributed by atoms with Gasteiger partial charge in [0, 0.05) is 30.2 Å². The molecule has 0 unspecified atom stereocenters. The van der Waals surface area contributed by atoms with Crippen LogP contribution in [0.3, 0.4) is 0 Å². The molecule has 1 aliphatic heterocycles. The molecule has 1 aromatic heterocycles. The van der Waals surface area contributed by atoms with Crippen LogP contribution >= 0.6 is 0 Å². The molecule has 0 atom stereocenters.